The van der Waals surface area contributed by atoms with E-state index >= 15 is 0 Å². The largest absolute Gasteiger partial charge is 0.494 e. The van der Waals surface area contributed by atoms with Crippen LogP contribution in [0.4, 0.5) is 0 Å². The van der Waals surface area contributed by atoms with Gasteiger partial charge in [0.15, 0.2) is 0 Å². The van der Waals surface area contributed by atoms with E-state index in [1.807, 2.05) is 36.5 Å². The van der Waals surface area contributed by atoms with Gasteiger partial charge in [-0.1, -0.05) is 42.1 Å². The van der Waals surface area contributed by atoms with Crippen LogP contribution in [0.1, 0.15) is 49.9 Å². The lowest BCUT2D eigenvalue weighted by Gasteiger charge is -2.42. The maximum Gasteiger partial charge on any atom is 0.494 e. The Kier molecular flexibility index (Phi) is 5.19. The molecule has 0 aliphatic carbocycles. The number of hydrogen-bond acceptors (Lipinski definition) is 5. The van der Waals surface area contributed by atoms with E-state index in [-0.39, 0.29) is 0 Å². The Morgan fingerprint density at radius 2 is 1.20 bits per heavy atom. The highest BCUT2D eigenvalue weighted by Crippen LogP contribution is 2.55. The molecule has 0 amide bonds. The smallest absolute Gasteiger partial charge is 0.399 e. The molecule has 4 nitrogen and oxygen atoms in total. The average Bonchev–Trinajstić information content (AvgIpc) is 3.10. The minimum atomic E-state index is -0.525. The van der Waals surface area contributed by atoms with Crippen LogP contribution in [0, 0.1) is 0 Å². The van der Waals surface area contributed by atoms with Crippen LogP contribution >= 0.6 is 11.8 Å². The summed E-state index contributed by atoms with van der Waals surface area (Å²) in [5.41, 5.74) is 4.49. The van der Waals surface area contributed by atoms with E-state index in [4.69, 9.17) is 9.31 Å². The molecule has 4 heterocycles. The molecule has 4 aromatic rings. The van der Waals surface area contributed by atoms with Gasteiger partial charge in [0.1, 0.15) is 0 Å². The first kappa shape index (κ1) is 22.5. The van der Waals surface area contributed by atoms with Gasteiger partial charge in [-0.25, -0.2) is 0 Å². The Hall–Kier alpha value is -2.93. The first-order chi connectivity index (χ1) is 16.8. The minimum absolute atomic E-state index is 0.401. The molecule has 174 valence electrons. The van der Waals surface area contributed by atoms with Crippen LogP contribution in [0.3, 0.4) is 0 Å². The summed E-state index contributed by atoms with van der Waals surface area (Å²) in [6.45, 7) is 8.37. The second-order valence-electron chi connectivity index (χ2n) is 10.2. The molecule has 2 aliphatic rings. The van der Waals surface area contributed by atoms with Gasteiger partial charge >= 0.3 is 7.12 Å². The normalized spacial score (nSPS) is 19.1. The molecule has 0 radical (unpaired) electrons. The topological polar surface area (TPSA) is 44.2 Å². The van der Waals surface area contributed by atoms with Gasteiger partial charge in [0, 0.05) is 34.6 Å². The monoisotopic (exact) mass is 478 g/mol. The Bertz CT molecular complexity index is 1340. The quantitative estimate of drug-likeness (QED) is 0.315. The van der Waals surface area contributed by atoms with Crippen LogP contribution < -0.4 is 5.46 Å². The summed E-state index contributed by atoms with van der Waals surface area (Å²) in [4.78, 5) is 11.1. The zero-order chi connectivity index (χ0) is 24.3. The molecule has 1 saturated heterocycles. The van der Waals surface area contributed by atoms with Crippen molar-refractivity contribution in [3.8, 4) is 0 Å². The number of nitrogens with zero attached hydrogens (tertiary/aromatic N) is 2. The van der Waals surface area contributed by atoms with Crippen molar-refractivity contribution < 1.29 is 9.31 Å². The molecule has 6 rings (SSSR count). The second kappa shape index (κ2) is 8.05. The Balaban J connectivity index is 1.64. The molecule has 0 saturated carbocycles. The summed E-state index contributed by atoms with van der Waals surface area (Å²) >= 11 is 1.81. The summed E-state index contributed by atoms with van der Waals surface area (Å²) in [6.07, 6.45) is 7.50. The van der Waals surface area contributed by atoms with Crippen molar-refractivity contribution in [1.29, 1.82) is 0 Å². The fourth-order valence-corrected chi connectivity index (χ4v) is 6.35. The van der Waals surface area contributed by atoms with Crippen LogP contribution in [0.5, 0.6) is 0 Å². The van der Waals surface area contributed by atoms with Gasteiger partial charge in [0.25, 0.3) is 0 Å². The summed E-state index contributed by atoms with van der Waals surface area (Å²) < 4.78 is 12.9. The molecule has 2 aliphatic heterocycles. The van der Waals surface area contributed by atoms with Gasteiger partial charge in [-0.15, -0.1) is 0 Å². The molecule has 6 heteroatoms. The van der Waals surface area contributed by atoms with Crippen molar-refractivity contribution >= 4 is 24.3 Å². The van der Waals surface area contributed by atoms with Gasteiger partial charge < -0.3 is 9.31 Å². The third-order valence-corrected chi connectivity index (χ3v) is 8.82. The second-order valence-corrected chi connectivity index (χ2v) is 11.2. The van der Waals surface area contributed by atoms with Crippen molar-refractivity contribution in [3.63, 3.8) is 0 Å². The number of fused-ring (bicyclic) bond motifs is 2. The Labute approximate surface area is 211 Å². The summed E-state index contributed by atoms with van der Waals surface area (Å²) in [6, 6.07) is 23.8. The fourth-order valence-electron chi connectivity index (χ4n) is 5.18. The van der Waals surface area contributed by atoms with Gasteiger partial charge in [-0.2, -0.15) is 0 Å². The highest BCUT2D eigenvalue weighted by Gasteiger charge is 2.52. The summed E-state index contributed by atoms with van der Waals surface area (Å²) in [7, 11) is -0.431. The summed E-state index contributed by atoms with van der Waals surface area (Å²) in [5.74, 6) is 0. The number of aromatic nitrogens is 2. The van der Waals surface area contributed by atoms with E-state index in [1.165, 1.54) is 32.0 Å². The standard InChI is InChI=1S/C29H27BN2O2S/c1-27(2)28(3,4)34-30(33-27)22-9-10-26-24(19-22)29(20-11-15-31-16-12-20,21-13-17-32-18-14-21)23-7-5-6-8-25(23)35-26/h5-19H,1-4H3. The van der Waals surface area contributed by atoms with E-state index < -0.39 is 23.7 Å². The summed E-state index contributed by atoms with van der Waals surface area (Å²) in [5, 5.41) is 0. The first-order valence-electron chi connectivity index (χ1n) is 11.9. The lowest BCUT2D eigenvalue weighted by atomic mass is 9.63. The van der Waals surface area contributed by atoms with Gasteiger partial charge in [-0.05, 0) is 91.8 Å². The molecule has 2 aromatic carbocycles. The molecule has 0 atom stereocenters. The minimum Gasteiger partial charge on any atom is -0.399 e. The Morgan fingerprint density at radius 3 is 1.80 bits per heavy atom. The SMILES string of the molecule is CC1(C)OB(c2ccc3c(c2)C(c2ccncc2)(c2ccncc2)c2ccccc2S3)OC1(C)C. The lowest BCUT2D eigenvalue weighted by molar-refractivity contribution is 0.00578. The molecule has 0 N–H and O–H groups in total. The number of hydrogen-bond donors (Lipinski definition) is 0. The predicted octanol–water partition coefficient (Wildman–Crippen LogP) is 5.62. The number of benzene rings is 2. The number of pyridine rings is 2. The number of rotatable bonds is 3. The highest BCUT2D eigenvalue weighted by molar-refractivity contribution is 7.99. The van der Waals surface area contributed by atoms with Crippen LogP contribution in [0.2, 0.25) is 0 Å². The van der Waals surface area contributed by atoms with Gasteiger partial charge in [0.05, 0.1) is 16.6 Å². The van der Waals surface area contributed by atoms with Crippen LogP contribution in [0.15, 0.2) is 101 Å². The Morgan fingerprint density at radius 1 is 0.657 bits per heavy atom. The van der Waals surface area contributed by atoms with Crippen molar-refractivity contribution in [1.82, 2.24) is 9.97 Å². The van der Waals surface area contributed by atoms with E-state index in [0.29, 0.717) is 0 Å². The highest BCUT2D eigenvalue weighted by atomic mass is 32.2. The zero-order valence-corrected chi connectivity index (χ0v) is 21.2. The van der Waals surface area contributed by atoms with Crippen LogP contribution in [-0.2, 0) is 14.7 Å². The third-order valence-electron chi connectivity index (χ3n) is 7.67. The maximum absolute atomic E-state index is 6.44. The zero-order valence-electron chi connectivity index (χ0n) is 20.4. The van der Waals surface area contributed by atoms with Crippen molar-refractivity contribution in [2.75, 3.05) is 0 Å². The van der Waals surface area contributed by atoms with Crippen LogP contribution in [-0.4, -0.2) is 28.3 Å². The lowest BCUT2D eigenvalue weighted by Crippen LogP contribution is -2.41. The van der Waals surface area contributed by atoms with E-state index in [2.05, 4.69) is 104 Å². The van der Waals surface area contributed by atoms with Gasteiger partial charge in [-0.3, -0.25) is 9.97 Å². The van der Waals surface area contributed by atoms with Crippen molar-refractivity contribution in [3.05, 3.63) is 114 Å². The molecule has 0 bridgehead atoms. The fraction of sp³-hybridized carbons (Fsp3) is 0.241. The molecular formula is C29H27BN2O2S. The van der Waals surface area contributed by atoms with Crippen molar-refractivity contribution in [2.24, 2.45) is 0 Å². The predicted molar refractivity (Wildman–Crippen MR) is 140 cm³/mol. The van der Waals surface area contributed by atoms with Crippen molar-refractivity contribution in [2.45, 2.75) is 54.1 Å². The third kappa shape index (κ3) is 3.39. The van der Waals surface area contributed by atoms with E-state index in [1.54, 1.807) is 0 Å². The molecule has 2 aromatic heterocycles. The molecule has 35 heavy (non-hydrogen) atoms. The molecular weight excluding hydrogens is 451 g/mol. The molecule has 0 spiro atoms. The van der Waals surface area contributed by atoms with Gasteiger partial charge in [0.2, 0.25) is 0 Å². The van der Waals surface area contributed by atoms with Crippen LogP contribution in [0.25, 0.3) is 0 Å². The molecule has 1 fully saturated rings. The molecule has 0 unspecified atom stereocenters. The maximum atomic E-state index is 6.44. The van der Waals surface area contributed by atoms with E-state index in [0.717, 1.165) is 5.46 Å². The first-order valence-corrected chi connectivity index (χ1v) is 12.7. The average molecular weight is 478 g/mol. The van der Waals surface area contributed by atoms with E-state index in [9.17, 15) is 0 Å².